The van der Waals surface area contributed by atoms with Crippen molar-refractivity contribution < 1.29 is 33.9 Å². The summed E-state index contributed by atoms with van der Waals surface area (Å²) in [4.78, 5) is 40.2. The second kappa shape index (κ2) is 8.65. The number of nitrogens with one attached hydrogen (secondary N) is 1. The molecule has 2 aromatic rings. The zero-order valence-electron chi connectivity index (χ0n) is 17.3. The number of aliphatic hydroxyl groups is 1. The number of hydrogen-bond donors (Lipinski definition) is 5. The van der Waals surface area contributed by atoms with Gasteiger partial charge in [-0.2, -0.15) is 0 Å². The van der Waals surface area contributed by atoms with Crippen LogP contribution in [0.25, 0.3) is 10.9 Å². The molecule has 3 aliphatic rings. The van der Waals surface area contributed by atoms with Gasteiger partial charge in [0.2, 0.25) is 0 Å². The molecule has 9 nitrogen and oxygen atoms in total. The highest BCUT2D eigenvalue weighted by molar-refractivity contribution is 7.45. The minimum absolute atomic E-state index is 0.199. The number of hydrogen-bond acceptors (Lipinski definition) is 5. The Labute approximate surface area is 180 Å². The molecule has 5 unspecified atom stereocenters. The molecule has 0 radical (unpaired) electrons. The van der Waals surface area contributed by atoms with Gasteiger partial charge in [0.25, 0.3) is 0 Å². The van der Waals surface area contributed by atoms with Gasteiger partial charge in [0.15, 0.2) is 0 Å². The van der Waals surface area contributed by atoms with Crippen molar-refractivity contribution >= 4 is 24.7 Å². The number of benzene rings is 1. The second-order valence-corrected chi connectivity index (χ2v) is 9.72. The molecule has 170 valence electrons. The van der Waals surface area contributed by atoms with Gasteiger partial charge in [-0.15, -0.1) is 0 Å². The highest BCUT2D eigenvalue weighted by atomic mass is 31.2. The fourth-order valence-corrected chi connectivity index (χ4v) is 5.80. The van der Waals surface area contributed by atoms with Gasteiger partial charge in [0.1, 0.15) is 0 Å². The highest BCUT2D eigenvalue weighted by Crippen LogP contribution is 2.49. The van der Waals surface area contributed by atoms with Gasteiger partial charge >= 0.3 is 13.8 Å². The summed E-state index contributed by atoms with van der Waals surface area (Å²) in [7, 11) is -3.20. The van der Waals surface area contributed by atoms with Crippen molar-refractivity contribution in [2.75, 3.05) is 20.2 Å². The molecule has 2 fully saturated rings. The van der Waals surface area contributed by atoms with Crippen LogP contribution in [0.1, 0.15) is 36.6 Å². The number of phosphoric acid groups is 1. The van der Waals surface area contributed by atoms with Crippen molar-refractivity contribution in [2.45, 2.75) is 37.8 Å². The van der Waals surface area contributed by atoms with E-state index in [9.17, 15) is 9.90 Å². The summed E-state index contributed by atoms with van der Waals surface area (Å²) in [5.41, 5.74) is 3.96. The first-order valence-electron chi connectivity index (χ1n) is 10.5. The third kappa shape index (κ3) is 4.58. The minimum Gasteiger partial charge on any atom is -0.469 e. The molecule has 5 N–H and O–H groups in total. The van der Waals surface area contributed by atoms with Gasteiger partial charge in [-0.1, -0.05) is 18.2 Å². The van der Waals surface area contributed by atoms with E-state index in [1.54, 1.807) is 0 Å². The number of carbonyl (C=O) groups excluding carboxylic acids is 1. The number of rotatable bonds is 1. The summed E-state index contributed by atoms with van der Waals surface area (Å²) in [6.07, 6.45) is 3.14. The summed E-state index contributed by atoms with van der Waals surface area (Å²) >= 11 is 0. The van der Waals surface area contributed by atoms with E-state index in [1.165, 1.54) is 29.3 Å². The molecular formula is C21H29N2O7P. The van der Waals surface area contributed by atoms with Gasteiger partial charge in [0.05, 0.1) is 25.2 Å². The monoisotopic (exact) mass is 452 g/mol. The Morgan fingerprint density at radius 3 is 2.65 bits per heavy atom. The molecule has 1 saturated carbocycles. The number of para-hydroxylation sites is 1. The number of fused-ring (bicyclic) bond motifs is 6. The van der Waals surface area contributed by atoms with E-state index in [1.807, 2.05) is 0 Å². The Hall–Kier alpha value is -1.74. The van der Waals surface area contributed by atoms with Crippen molar-refractivity contribution in [3.8, 4) is 0 Å². The lowest BCUT2D eigenvalue weighted by atomic mass is 9.65. The number of ether oxygens (including phenoxy) is 1. The maximum atomic E-state index is 12.4. The molecule has 0 spiro atoms. The van der Waals surface area contributed by atoms with Gasteiger partial charge in [-0.05, 0) is 49.1 Å². The predicted molar refractivity (Wildman–Crippen MR) is 113 cm³/mol. The summed E-state index contributed by atoms with van der Waals surface area (Å²) < 4.78 is 13.9. The van der Waals surface area contributed by atoms with Crippen LogP contribution >= 0.6 is 7.82 Å². The number of esters is 1. The first kappa shape index (κ1) is 22.5. The number of H-pyrrole nitrogens is 1. The fraction of sp³-hybridized carbons (Fsp3) is 0.571. The molecule has 31 heavy (non-hydrogen) atoms. The van der Waals surface area contributed by atoms with Gasteiger partial charge in [0, 0.05) is 29.7 Å². The van der Waals surface area contributed by atoms with Crippen LogP contribution in [0.15, 0.2) is 24.3 Å². The summed E-state index contributed by atoms with van der Waals surface area (Å²) in [6.45, 7) is 2.10. The molecule has 1 aromatic carbocycles. The van der Waals surface area contributed by atoms with Crippen LogP contribution in [0.4, 0.5) is 0 Å². The lowest BCUT2D eigenvalue weighted by Gasteiger charge is -2.50. The molecule has 1 aliphatic carbocycles. The second-order valence-electron chi connectivity index (χ2n) is 8.69. The Morgan fingerprint density at radius 2 is 1.94 bits per heavy atom. The predicted octanol–water partition coefficient (Wildman–Crippen LogP) is 1.72. The van der Waals surface area contributed by atoms with E-state index in [4.69, 9.17) is 24.0 Å². The first-order valence-corrected chi connectivity index (χ1v) is 12.1. The molecule has 0 amide bonds. The lowest BCUT2D eigenvalue weighted by Crippen LogP contribution is -2.53. The minimum atomic E-state index is -4.64. The Kier molecular flexibility index (Phi) is 6.27. The Balaban J connectivity index is 0.000000418. The smallest absolute Gasteiger partial charge is 0.466 e. The molecule has 10 heteroatoms. The van der Waals surface area contributed by atoms with E-state index in [0.717, 1.165) is 32.4 Å². The van der Waals surface area contributed by atoms with E-state index < -0.39 is 13.9 Å². The number of aliphatic hydroxyl groups excluding tert-OH is 1. The summed E-state index contributed by atoms with van der Waals surface area (Å²) in [5.74, 6) is 0.0541. The number of methoxy groups -OCH3 is 1. The van der Waals surface area contributed by atoms with E-state index >= 15 is 0 Å². The van der Waals surface area contributed by atoms with Crippen LogP contribution in [0, 0.1) is 17.8 Å². The summed E-state index contributed by atoms with van der Waals surface area (Å²) in [5, 5.41) is 11.8. The molecule has 1 aromatic heterocycles. The number of nitrogens with zero attached hydrogens (tertiary/aromatic N) is 1. The number of carbonyl (C=O) groups is 1. The highest BCUT2D eigenvalue weighted by Gasteiger charge is 2.49. The SMILES string of the molecule is COC(=O)C1C(O)CCC2CN3CCc4c([nH]c5ccccc45)C3CC21.O=P(O)(O)O. The lowest BCUT2D eigenvalue weighted by molar-refractivity contribution is -0.160. The van der Waals surface area contributed by atoms with Gasteiger partial charge in [-0.3, -0.25) is 9.69 Å². The average molecular weight is 452 g/mol. The van der Waals surface area contributed by atoms with Crippen LogP contribution in [0.5, 0.6) is 0 Å². The Morgan fingerprint density at radius 1 is 1.23 bits per heavy atom. The molecule has 5 atom stereocenters. The zero-order valence-corrected chi connectivity index (χ0v) is 18.2. The first-order chi connectivity index (χ1) is 14.7. The fourth-order valence-electron chi connectivity index (χ4n) is 5.80. The molecule has 3 heterocycles. The van der Waals surface area contributed by atoms with Crippen LogP contribution < -0.4 is 0 Å². The van der Waals surface area contributed by atoms with Crippen LogP contribution in [-0.2, 0) is 20.5 Å². The average Bonchev–Trinajstić information content (AvgIpc) is 3.10. The largest absolute Gasteiger partial charge is 0.469 e. The standard InChI is InChI=1S/C21H26N2O3.H3O4P/c1-26-21(25)19-15-10-17-20-14(13-4-2-3-5-16(13)22-20)8-9-23(17)11-12(15)6-7-18(19)24;1-5(2,3)4/h2-5,12,15,17-19,22,24H,6-11H2,1H3;(H3,1,2,3,4). The third-order valence-corrected chi connectivity index (χ3v) is 7.02. The molecule has 0 bridgehead atoms. The van der Waals surface area contributed by atoms with Gasteiger partial charge in [-0.25, -0.2) is 4.57 Å². The normalized spacial score (nSPS) is 30.4. The molecular weight excluding hydrogens is 423 g/mol. The van der Waals surface area contributed by atoms with Crippen molar-refractivity contribution in [1.82, 2.24) is 9.88 Å². The van der Waals surface area contributed by atoms with E-state index in [-0.39, 0.29) is 17.8 Å². The molecule has 2 aliphatic heterocycles. The van der Waals surface area contributed by atoms with Gasteiger partial charge < -0.3 is 29.5 Å². The number of aromatic amines is 1. The third-order valence-electron chi connectivity index (χ3n) is 7.02. The van der Waals surface area contributed by atoms with Crippen molar-refractivity contribution in [3.05, 3.63) is 35.5 Å². The van der Waals surface area contributed by atoms with Crippen molar-refractivity contribution in [3.63, 3.8) is 0 Å². The zero-order chi connectivity index (χ0) is 22.3. The number of aromatic nitrogens is 1. The number of piperidine rings is 1. The maximum absolute atomic E-state index is 12.4. The maximum Gasteiger partial charge on any atom is 0.466 e. The van der Waals surface area contributed by atoms with Crippen molar-refractivity contribution in [1.29, 1.82) is 0 Å². The Bertz CT molecular complexity index is 995. The van der Waals surface area contributed by atoms with Crippen LogP contribution in [0.3, 0.4) is 0 Å². The van der Waals surface area contributed by atoms with Crippen molar-refractivity contribution in [2.24, 2.45) is 17.8 Å². The summed E-state index contributed by atoms with van der Waals surface area (Å²) in [6, 6.07) is 8.83. The molecule has 1 saturated heterocycles. The topological polar surface area (TPSA) is 143 Å². The quantitative estimate of drug-likeness (QED) is 0.325. The van der Waals surface area contributed by atoms with Crippen LogP contribution in [-0.4, -0.2) is 61.9 Å². The molecule has 5 rings (SSSR count). The van der Waals surface area contributed by atoms with E-state index in [0.29, 0.717) is 18.4 Å². The van der Waals surface area contributed by atoms with Crippen LogP contribution in [0.2, 0.25) is 0 Å². The van der Waals surface area contributed by atoms with E-state index in [2.05, 4.69) is 34.1 Å².